The van der Waals surface area contributed by atoms with Crippen molar-refractivity contribution in [1.29, 1.82) is 0 Å². The largest absolute Gasteiger partial charge is 0.504 e. The number of nitrogens with zero attached hydrogens (tertiary/aromatic N) is 2. The summed E-state index contributed by atoms with van der Waals surface area (Å²) in [5.74, 6) is -0.612. The van der Waals surface area contributed by atoms with Gasteiger partial charge in [-0.05, 0) is 12.1 Å². The Morgan fingerprint density at radius 1 is 1.29 bits per heavy atom. The van der Waals surface area contributed by atoms with E-state index >= 15 is 0 Å². The fourth-order valence-electron chi connectivity index (χ4n) is 1.09. The van der Waals surface area contributed by atoms with Gasteiger partial charge in [-0.3, -0.25) is 4.55 Å². The number of rotatable bonds is 1. The minimum absolute atomic E-state index is 0.000116. The average molecular weight is 215 g/mol. The van der Waals surface area contributed by atoms with Gasteiger partial charge in [0.2, 0.25) is 0 Å². The molecule has 0 aliphatic rings. The lowest BCUT2D eigenvalue weighted by atomic mass is 10.3. The number of aromatic amines is 1. The predicted molar refractivity (Wildman–Crippen MR) is 45.4 cm³/mol. The van der Waals surface area contributed by atoms with Crippen molar-refractivity contribution in [3.8, 4) is 5.75 Å². The van der Waals surface area contributed by atoms with Crippen molar-refractivity contribution in [3.05, 3.63) is 12.1 Å². The molecule has 0 atom stereocenters. The summed E-state index contributed by atoms with van der Waals surface area (Å²) in [6.07, 6.45) is 0. The molecule has 74 valence electrons. The monoisotopic (exact) mass is 215 g/mol. The molecule has 7 nitrogen and oxygen atoms in total. The van der Waals surface area contributed by atoms with Crippen LogP contribution in [-0.4, -0.2) is 33.5 Å². The summed E-state index contributed by atoms with van der Waals surface area (Å²) >= 11 is 0. The van der Waals surface area contributed by atoms with Gasteiger partial charge < -0.3 is 5.11 Å². The number of fused-ring (bicyclic) bond motifs is 1. The van der Waals surface area contributed by atoms with Gasteiger partial charge in [-0.1, -0.05) is 0 Å². The molecule has 14 heavy (non-hydrogen) atoms. The Labute approximate surface area is 78.1 Å². The summed E-state index contributed by atoms with van der Waals surface area (Å²) in [5.41, 5.74) is 0.315. The first-order valence-corrected chi connectivity index (χ1v) is 4.94. The number of hydrogen-bond donors (Lipinski definition) is 3. The molecule has 0 bridgehead atoms. The quantitative estimate of drug-likeness (QED) is 0.572. The van der Waals surface area contributed by atoms with E-state index in [2.05, 4.69) is 15.4 Å². The smallest absolute Gasteiger partial charge is 0.298 e. The van der Waals surface area contributed by atoms with Crippen molar-refractivity contribution in [2.75, 3.05) is 0 Å². The number of hydrogen-bond acceptors (Lipinski definition) is 5. The second-order valence-corrected chi connectivity index (χ2v) is 3.97. The van der Waals surface area contributed by atoms with E-state index in [0.29, 0.717) is 5.52 Å². The number of phenols is 1. The van der Waals surface area contributed by atoms with Crippen LogP contribution in [-0.2, 0) is 10.1 Å². The lowest BCUT2D eigenvalue weighted by Crippen LogP contribution is -1.98. The molecule has 0 aliphatic carbocycles. The molecule has 1 heterocycles. The standard InChI is InChI=1S/C6H5N3O4S/c10-6-4(14(11,12)13)2-1-3-5(6)8-9-7-3/h1-2,10H,(H,7,8,9)(H,11,12,13). The van der Waals surface area contributed by atoms with Gasteiger partial charge in [0.25, 0.3) is 10.1 Å². The number of aromatic nitrogens is 3. The molecular weight excluding hydrogens is 210 g/mol. The van der Waals surface area contributed by atoms with Gasteiger partial charge in [0, 0.05) is 0 Å². The van der Waals surface area contributed by atoms with Crippen LogP contribution in [0.1, 0.15) is 0 Å². The molecule has 1 aromatic heterocycles. The molecule has 0 aliphatic heterocycles. The van der Waals surface area contributed by atoms with Gasteiger partial charge >= 0.3 is 0 Å². The average Bonchev–Trinajstić information content (AvgIpc) is 2.50. The summed E-state index contributed by atoms with van der Waals surface area (Å²) in [6.45, 7) is 0. The van der Waals surface area contributed by atoms with Crippen LogP contribution in [0.3, 0.4) is 0 Å². The molecule has 0 radical (unpaired) electrons. The van der Waals surface area contributed by atoms with E-state index in [1.807, 2.05) is 0 Å². The first-order valence-electron chi connectivity index (χ1n) is 3.50. The Kier molecular flexibility index (Phi) is 1.69. The maximum atomic E-state index is 10.8. The van der Waals surface area contributed by atoms with Gasteiger partial charge in [-0.25, -0.2) is 0 Å². The second-order valence-electron chi connectivity index (χ2n) is 2.58. The maximum Gasteiger partial charge on any atom is 0.298 e. The molecule has 0 saturated carbocycles. The third kappa shape index (κ3) is 1.20. The molecule has 0 fully saturated rings. The second kappa shape index (κ2) is 2.66. The van der Waals surface area contributed by atoms with E-state index in [-0.39, 0.29) is 5.52 Å². The third-order valence-corrected chi connectivity index (χ3v) is 2.59. The van der Waals surface area contributed by atoms with Gasteiger partial charge in [0.1, 0.15) is 10.4 Å². The summed E-state index contributed by atoms with van der Waals surface area (Å²) in [6, 6.07) is 2.37. The Morgan fingerprint density at radius 3 is 2.64 bits per heavy atom. The highest BCUT2D eigenvalue weighted by molar-refractivity contribution is 7.86. The van der Waals surface area contributed by atoms with Crippen molar-refractivity contribution in [2.24, 2.45) is 0 Å². The molecule has 0 amide bonds. The summed E-state index contributed by atoms with van der Waals surface area (Å²) < 4.78 is 30.2. The molecular formula is C6H5N3O4S. The first kappa shape index (κ1) is 8.91. The van der Waals surface area contributed by atoms with Crippen molar-refractivity contribution >= 4 is 21.2 Å². The van der Waals surface area contributed by atoms with E-state index in [9.17, 15) is 13.5 Å². The minimum Gasteiger partial charge on any atom is -0.504 e. The van der Waals surface area contributed by atoms with Gasteiger partial charge in [-0.15, -0.1) is 0 Å². The molecule has 2 aromatic rings. The van der Waals surface area contributed by atoms with Crippen LogP contribution in [0.15, 0.2) is 17.0 Å². The van der Waals surface area contributed by atoms with E-state index in [1.165, 1.54) is 6.07 Å². The van der Waals surface area contributed by atoms with Crippen molar-refractivity contribution in [3.63, 3.8) is 0 Å². The van der Waals surface area contributed by atoms with Crippen molar-refractivity contribution < 1.29 is 18.1 Å². The van der Waals surface area contributed by atoms with E-state index in [0.717, 1.165) is 6.07 Å². The SMILES string of the molecule is O=S(=O)(O)c1ccc2n[nH]nc2c1O. The zero-order valence-corrected chi connectivity index (χ0v) is 7.48. The van der Waals surface area contributed by atoms with Crippen LogP contribution in [0, 0.1) is 0 Å². The number of H-pyrrole nitrogens is 1. The van der Waals surface area contributed by atoms with E-state index in [4.69, 9.17) is 4.55 Å². The van der Waals surface area contributed by atoms with Crippen LogP contribution in [0.4, 0.5) is 0 Å². The van der Waals surface area contributed by atoms with Crippen molar-refractivity contribution in [2.45, 2.75) is 4.90 Å². The van der Waals surface area contributed by atoms with Crippen LogP contribution < -0.4 is 0 Å². The number of benzene rings is 1. The lowest BCUT2D eigenvalue weighted by Gasteiger charge is -1.99. The fraction of sp³-hybridized carbons (Fsp3) is 0. The highest BCUT2D eigenvalue weighted by Gasteiger charge is 2.18. The Bertz CT molecular complexity index is 588. The zero-order chi connectivity index (χ0) is 10.3. The van der Waals surface area contributed by atoms with Crippen LogP contribution in [0.2, 0.25) is 0 Å². The molecule has 0 spiro atoms. The van der Waals surface area contributed by atoms with Crippen LogP contribution in [0.25, 0.3) is 11.0 Å². The molecule has 0 unspecified atom stereocenters. The van der Waals surface area contributed by atoms with Crippen LogP contribution >= 0.6 is 0 Å². The fourth-order valence-corrected chi connectivity index (χ4v) is 1.67. The first-order chi connectivity index (χ1) is 6.50. The summed E-state index contributed by atoms with van der Waals surface area (Å²) in [4.78, 5) is -0.584. The number of nitrogens with one attached hydrogen (secondary N) is 1. The highest BCUT2D eigenvalue weighted by Crippen LogP contribution is 2.28. The molecule has 8 heteroatoms. The predicted octanol–water partition coefficient (Wildman–Crippen LogP) is -0.0898. The minimum atomic E-state index is -4.43. The third-order valence-electron chi connectivity index (χ3n) is 1.70. The maximum absolute atomic E-state index is 10.8. The Morgan fingerprint density at radius 2 is 2.00 bits per heavy atom. The summed E-state index contributed by atoms with van der Waals surface area (Å²) in [5, 5.41) is 18.8. The van der Waals surface area contributed by atoms with Crippen molar-refractivity contribution in [1.82, 2.24) is 15.4 Å². The molecule has 2 rings (SSSR count). The van der Waals surface area contributed by atoms with E-state index < -0.39 is 20.8 Å². The highest BCUT2D eigenvalue weighted by atomic mass is 32.2. The molecule has 3 N–H and O–H groups in total. The van der Waals surface area contributed by atoms with Crippen LogP contribution in [0.5, 0.6) is 5.75 Å². The van der Waals surface area contributed by atoms with Gasteiger partial charge in [-0.2, -0.15) is 23.8 Å². The van der Waals surface area contributed by atoms with E-state index in [1.54, 1.807) is 0 Å². The number of phenolic OH excluding ortho intramolecular Hbond substituents is 1. The topological polar surface area (TPSA) is 116 Å². The molecule has 1 aromatic carbocycles. The van der Waals surface area contributed by atoms with Gasteiger partial charge in [0.15, 0.2) is 11.3 Å². The lowest BCUT2D eigenvalue weighted by molar-refractivity contribution is 0.447. The Hall–Kier alpha value is -1.67. The molecule has 0 saturated heterocycles. The number of aromatic hydroxyl groups is 1. The van der Waals surface area contributed by atoms with Gasteiger partial charge in [0.05, 0.1) is 0 Å². The summed E-state index contributed by atoms with van der Waals surface area (Å²) in [7, 11) is -4.43. The zero-order valence-electron chi connectivity index (χ0n) is 6.67. The normalized spacial score (nSPS) is 12.1. The Balaban J connectivity index is 2.88.